The fraction of sp³-hybridized carbons (Fsp3) is 0.300. The molecule has 0 radical (unpaired) electrons. The highest BCUT2D eigenvalue weighted by molar-refractivity contribution is 5.32. The van der Waals surface area contributed by atoms with Crippen molar-refractivity contribution in [3.8, 4) is 6.07 Å². The topological polar surface area (TPSA) is 103 Å². The van der Waals surface area contributed by atoms with Crippen LogP contribution >= 0.6 is 0 Å². The Labute approximate surface area is 97.9 Å². The monoisotopic (exact) mass is 229 g/mol. The number of rotatable bonds is 4. The Bertz CT molecular complexity index is 526. The predicted molar refractivity (Wildman–Crippen MR) is 60.1 cm³/mol. The van der Waals surface area contributed by atoms with Crippen LogP contribution in [0.3, 0.4) is 0 Å². The van der Waals surface area contributed by atoms with Crippen LogP contribution in [-0.4, -0.2) is 31.7 Å². The first-order chi connectivity index (χ1) is 8.28. The summed E-state index contributed by atoms with van der Waals surface area (Å²) in [6.45, 7) is 2.45. The molecular formula is C10H11N7. The molecule has 0 fully saturated rings. The Hall–Kier alpha value is -2.49. The zero-order valence-electron chi connectivity index (χ0n) is 9.30. The van der Waals surface area contributed by atoms with Crippen LogP contribution in [0.2, 0.25) is 0 Å². The number of nitrogens with one attached hydrogen (secondary N) is 2. The largest absolute Gasteiger partial charge is 0.354 e. The second-order valence-corrected chi connectivity index (χ2v) is 3.44. The van der Waals surface area contributed by atoms with Gasteiger partial charge < -0.3 is 5.32 Å². The summed E-state index contributed by atoms with van der Waals surface area (Å²) in [6.07, 6.45) is 2.16. The van der Waals surface area contributed by atoms with Crippen LogP contribution in [0.5, 0.6) is 0 Å². The molecule has 0 unspecified atom stereocenters. The van der Waals surface area contributed by atoms with E-state index in [2.05, 4.69) is 30.5 Å². The van der Waals surface area contributed by atoms with Gasteiger partial charge in [-0.15, -0.1) is 0 Å². The van der Waals surface area contributed by atoms with Gasteiger partial charge in [-0.05, 0) is 13.0 Å². The standard InChI is InChI=1S/C10H11N7/c1-7-4-8(5-11)16-10(15-7)12-3-2-9-13-6-14-17-9/h4,6H,2-3H2,1H3,(H,12,15,16)(H,13,14,17). The first-order valence-corrected chi connectivity index (χ1v) is 5.12. The average Bonchev–Trinajstić information content (AvgIpc) is 2.81. The number of aromatic amines is 1. The minimum absolute atomic E-state index is 0.361. The molecule has 0 saturated heterocycles. The van der Waals surface area contributed by atoms with Crippen molar-refractivity contribution in [2.24, 2.45) is 0 Å². The summed E-state index contributed by atoms with van der Waals surface area (Å²) >= 11 is 0. The second kappa shape index (κ2) is 5.03. The van der Waals surface area contributed by atoms with Gasteiger partial charge in [-0.1, -0.05) is 0 Å². The lowest BCUT2D eigenvalue weighted by Gasteiger charge is -2.04. The van der Waals surface area contributed by atoms with Crippen molar-refractivity contribution in [3.63, 3.8) is 0 Å². The molecule has 0 aliphatic heterocycles. The number of hydrogen-bond donors (Lipinski definition) is 2. The fourth-order valence-electron chi connectivity index (χ4n) is 1.35. The molecule has 2 aromatic rings. The van der Waals surface area contributed by atoms with Crippen LogP contribution in [0, 0.1) is 18.3 Å². The Morgan fingerprint density at radius 3 is 3.06 bits per heavy atom. The van der Waals surface area contributed by atoms with Crippen molar-refractivity contribution in [1.82, 2.24) is 25.1 Å². The summed E-state index contributed by atoms with van der Waals surface area (Å²) < 4.78 is 0. The number of H-pyrrole nitrogens is 1. The minimum atomic E-state index is 0.361. The van der Waals surface area contributed by atoms with Crippen LogP contribution in [0.15, 0.2) is 12.4 Å². The number of aryl methyl sites for hydroxylation is 1. The summed E-state index contributed by atoms with van der Waals surface area (Å²) in [6, 6.07) is 3.63. The summed E-state index contributed by atoms with van der Waals surface area (Å²) in [7, 11) is 0. The molecule has 0 aliphatic carbocycles. The Morgan fingerprint density at radius 1 is 1.47 bits per heavy atom. The number of aromatic nitrogens is 5. The molecule has 17 heavy (non-hydrogen) atoms. The Morgan fingerprint density at radius 2 is 2.35 bits per heavy atom. The highest BCUT2D eigenvalue weighted by atomic mass is 15.2. The number of hydrogen-bond acceptors (Lipinski definition) is 6. The molecule has 0 saturated carbocycles. The summed E-state index contributed by atoms with van der Waals surface area (Å²) in [4.78, 5) is 12.2. The van der Waals surface area contributed by atoms with Crippen LogP contribution < -0.4 is 5.32 Å². The van der Waals surface area contributed by atoms with Gasteiger partial charge in [-0.25, -0.2) is 15.0 Å². The smallest absolute Gasteiger partial charge is 0.224 e. The normalized spacial score (nSPS) is 9.88. The van der Waals surface area contributed by atoms with Crippen LogP contribution in [0.25, 0.3) is 0 Å². The average molecular weight is 229 g/mol. The van der Waals surface area contributed by atoms with Gasteiger partial charge in [-0.2, -0.15) is 10.4 Å². The zero-order valence-corrected chi connectivity index (χ0v) is 9.30. The summed E-state index contributed by atoms with van der Waals surface area (Å²) in [5, 5.41) is 18.3. The molecule has 2 heterocycles. The molecule has 2 rings (SSSR count). The molecule has 0 bridgehead atoms. The first kappa shape index (κ1) is 11.0. The van der Waals surface area contributed by atoms with Gasteiger partial charge in [-0.3, -0.25) is 5.10 Å². The predicted octanol–water partition coefficient (Wildman–Crippen LogP) is 0.429. The van der Waals surface area contributed by atoms with Gasteiger partial charge in [0.1, 0.15) is 23.9 Å². The van der Waals surface area contributed by atoms with Crippen LogP contribution in [-0.2, 0) is 6.42 Å². The van der Waals surface area contributed by atoms with E-state index >= 15 is 0 Å². The lowest BCUT2D eigenvalue weighted by atomic mass is 10.3. The first-order valence-electron chi connectivity index (χ1n) is 5.12. The van der Waals surface area contributed by atoms with Crippen molar-refractivity contribution in [2.75, 3.05) is 11.9 Å². The molecule has 7 heteroatoms. The zero-order chi connectivity index (χ0) is 12.1. The molecule has 0 amide bonds. The molecule has 0 atom stereocenters. The van der Waals surface area contributed by atoms with Crippen molar-refractivity contribution in [3.05, 3.63) is 29.6 Å². The molecular weight excluding hydrogens is 218 g/mol. The van der Waals surface area contributed by atoms with Gasteiger partial charge in [0.2, 0.25) is 5.95 Å². The van der Waals surface area contributed by atoms with Crippen LogP contribution in [0.4, 0.5) is 5.95 Å². The van der Waals surface area contributed by atoms with Crippen molar-refractivity contribution >= 4 is 5.95 Å². The van der Waals surface area contributed by atoms with Gasteiger partial charge >= 0.3 is 0 Å². The minimum Gasteiger partial charge on any atom is -0.354 e. The lowest BCUT2D eigenvalue weighted by Crippen LogP contribution is -2.10. The molecule has 0 spiro atoms. The van der Waals surface area contributed by atoms with E-state index in [1.807, 2.05) is 13.0 Å². The van der Waals surface area contributed by atoms with E-state index in [1.54, 1.807) is 6.07 Å². The van der Waals surface area contributed by atoms with Gasteiger partial charge in [0, 0.05) is 18.7 Å². The number of anilines is 1. The molecule has 0 aromatic carbocycles. The highest BCUT2D eigenvalue weighted by Gasteiger charge is 2.01. The Balaban J connectivity index is 1.95. The van der Waals surface area contributed by atoms with Gasteiger partial charge in [0.05, 0.1) is 0 Å². The van der Waals surface area contributed by atoms with Crippen molar-refractivity contribution in [2.45, 2.75) is 13.3 Å². The molecule has 0 aliphatic rings. The fourth-order valence-corrected chi connectivity index (χ4v) is 1.35. The summed E-state index contributed by atoms with van der Waals surface area (Å²) in [5.41, 5.74) is 1.12. The van der Waals surface area contributed by atoms with E-state index in [1.165, 1.54) is 6.33 Å². The lowest BCUT2D eigenvalue weighted by molar-refractivity contribution is 0.887. The van der Waals surface area contributed by atoms with Crippen LogP contribution in [0.1, 0.15) is 17.2 Å². The third kappa shape index (κ3) is 2.98. The number of nitrogens with zero attached hydrogens (tertiary/aromatic N) is 5. The van der Waals surface area contributed by atoms with Crippen molar-refractivity contribution < 1.29 is 0 Å². The van der Waals surface area contributed by atoms with E-state index in [9.17, 15) is 0 Å². The maximum absolute atomic E-state index is 8.77. The maximum atomic E-state index is 8.77. The van der Waals surface area contributed by atoms with Crippen molar-refractivity contribution in [1.29, 1.82) is 5.26 Å². The Kier molecular flexibility index (Phi) is 3.25. The van der Waals surface area contributed by atoms with E-state index in [-0.39, 0.29) is 0 Å². The molecule has 2 N–H and O–H groups in total. The molecule has 86 valence electrons. The maximum Gasteiger partial charge on any atom is 0.224 e. The van der Waals surface area contributed by atoms with E-state index in [0.717, 1.165) is 11.5 Å². The third-order valence-corrected chi connectivity index (χ3v) is 2.08. The third-order valence-electron chi connectivity index (χ3n) is 2.08. The quantitative estimate of drug-likeness (QED) is 0.788. The van der Waals surface area contributed by atoms with E-state index < -0.39 is 0 Å². The second-order valence-electron chi connectivity index (χ2n) is 3.44. The highest BCUT2D eigenvalue weighted by Crippen LogP contribution is 2.03. The SMILES string of the molecule is Cc1cc(C#N)nc(NCCc2ncn[nH]2)n1. The van der Waals surface area contributed by atoms with E-state index in [4.69, 9.17) is 5.26 Å². The molecule has 2 aromatic heterocycles. The van der Waals surface area contributed by atoms with Gasteiger partial charge in [0.25, 0.3) is 0 Å². The number of nitriles is 1. The molecule has 7 nitrogen and oxygen atoms in total. The summed E-state index contributed by atoms with van der Waals surface area (Å²) in [5.74, 6) is 1.26. The van der Waals surface area contributed by atoms with E-state index in [0.29, 0.717) is 24.6 Å². The van der Waals surface area contributed by atoms with Gasteiger partial charge in [0.15, 0.2) is 0 Å².